The lowest BCUT2D eigenvalue weighted by molar-refractivity contribution is 0.674. The summed E-state index contributed by atoms with van der Waals surface area (Å²) in [4.78, 5) is 0. The summed E-state index contributed by atoms with van der Waals surface area (Å²) < 4.78 is 0. The van der Waals surface area contributed by atoms with Gasteiger partial charge in [-0.25, -0.2) is 0 Å². The van der Waals surface area contributed by atoms with Crippen LogP contribution in [-0.2, 0) is 0 Å². The number of allylic oxidation sites excluding steroid dienone is 6. The van der Waals surface area contributed by atoms with Crippen LogP contribution in [0.1, 0.15) is 13.3 Å². The highest BCUT2D eigenvalue weighted by molar-refractivity contribution is 5.24. The van der Waals surface area contributed by atoms with Crippen molar-refractivity contribution in [3.63, 3.8) is 0 Å². The molecule has 1 heteroatoms. The second-order valence-electron chi connectivity index (χ2n) is 3.21. The van der Waals surface area contributed by atoms with E-state index in [2.05, 4.69) is 48.7 Å². The predicted octanol–water partition coefficient (Wildman–Crippen LogP) is 2.59. The van der Waals surface area contributed by atoms with Crippen LogP contribution in [0.4, 0.5) is 0 Å². The molecule has 0 spiro atoms. The van der Waals surface area contributed by atoms with Crippen LogP contribution in [0.5, 0.6) is 0 Å². The molecule has 1 aliphatic carbocycles. The van der Waals surface area contributed by atoms with Crippen LogP contribution in [0.25, 0.3) is 0 Å². The van der Waals surface area contributed by atoms with Gasteiger partial charge in [-0.15, -0.1) is 0 Å². The summed E-state index contributed by atoms with van der Waals surface area (Å²) in [7, 11) is 1.99. The molecule has 1 nitrogen and oxygen atoms in total. The molecular weight excluding hydrogens is 158 g/mol. The van der Waals surface area contributed by atoms with Gasteiger partial charge in [0.2, 0.25) is 0 Å². The molecular formula is C12H17N. The van der Waals surface area contributed by atoms with Gasteiger partial charge in [0.25, 0.3) is 0 Å². The maximum Gasteiger partial charge on any atom is 0.0287 e. The normalized spacial score (nSPS) is 34.3. The van der Waals surface area contributed by atoms with E-state index in [0.717, 1.165) is 6.42 Å². The Morgan fingerprint density at radius 3 is 2.77 bits per heavy atom. The van der Waals surface area contributed by atoms with Crippen LogP contribution in [0, 0.1) is 0 Å². The SMILES string of the molecule is CNC1/C=C(C)/C=C\C=C/C=C/C1. The van der Waals surface area contributed by atoms with Crippen LogP contribution in [0.2, 0.25) is 0 Å². The molecule has 0 amide bonds. The van der Waals surface area contributed by atoms with E-state index in [1.165, 1.54) is 5.57 Å². The highest BCUT2D eigenvalue weighted by Crippen LogP contribution is 2.04. The number of hydrogen-bond acceptors (Lipinski definition) is 1. The van der Waals surface area contributed by atoms with Crippen LogP contribution in [-0.4, -0.2) is 13.1 Å². The van der Waals surface area contributed by atoms with E-state index in [0.29, 0.717) is 6.04 Å². The molecule has 1 atom stereocenters. The van der Waals surface area contributed by atoms with Gasteiger partial charge < -0.3 is 5.32 Å². The second-order valence-corrected chi connectivity index (χ2v) is 3.21. The summed E-state index contributed by atoms with van der Waals surface area (Å²) >= 11 is 0. The number of nitrogens with one attached hydrogen (secondary N) is 1. The number of likely N-dealkylation sites (N-methyl/N-ethyl adjacent to an activating group) is 1. The van der Waals surface area contributed by atoms with E-state index in [4.69, 9.17) is 0 Å². The quantitative estimate of drug-likeness (QED) is 0.646. The lowest BCUT2D eigenvalue weighted by Crippen LogP contribution is -2.22. The van der Waals surface area contributed by atoms with E-state index < -0.39 is 0 Å². The minimum Gasteiger partial charge on any atom is -0.313 e. The van der Waals surface area contributed by atoms with Crippen LogP contribution in [0.3, 0.4) is 0 Å². The minimum atomic E-state index is 0.451. The molecule has 0 aromatic rings. The average molecular weight is 175 g/mol. The minimum absolute atomic E-state index is 0.451. The molecule has 0 heterocycles. The Bertz CT molecular complexity index is 256. The molecule has 13 heavy (non-hydrogen) atoms. The monoisotopic (exact) mass is 175 g/mol. The van der Waals surface area contributed by atoms with Gasteiger partial charge in [0, 0.05) is 6.04 Å². The molecule has 0 bridgehead atoms. The maximum atomic E-state index is 3.26. The molecule has 1 unspecified atom stereocenters. The third-order valence-electron chi connectivity index (χ3n) is 2.05. The fourth-order valence-corrected chi connectivity index (χ4v) is 1.28. The Morgan fingerprint density at radius 1 is 1.23 bits per heavy atom. The first-order valence-electron chi connectivity index (χ1n) is 4.68. The van der Waals surface area contributed by atoms with Crippen LogP contribution >= 0.6 is 0 Å². The molecule has 0 fully saturated rings. The van der Waals surface area contributed by atoms with Crippen LogP contribution in [0.15, 0.2) is 48.1 Å². The van der Waals surface area contributed by atoms with Gasteiger partial charge in [-0.1, -0.05) is 48.1 Å². The molecule has 0 saturated carbocycles. The van der Waals surface area contributed by atoms with Gasteiger partial charge in [-0.05, 0) is 20.4 Å². The second kappa shape index (κ2) is 5.55. The van der Waals surface area contributed by atoms with Crippen molar-refractivity contribution in [3.8, 4) is 0 Å². The summed E-state index contributed by atoms with van der Waals surface area (Å²) in [6, 6.07) is 0.451. The Hall–Kier alpha value is -1.08. The Morgan fingerprint density at radius 2 is 2.00 bits per heavy atom. The van der Waals surface area contributed by atoms with Crippen molar-refractivity contribution in [3.05, 3.63) is 48.1 Å². The molecule has 0 aromatic heterocycles. The van der Waals surface area contributed by atoms with Crippen molar-refractivity contribution in [2.75, 3.05) is 7.05 Å². The van der Waals surface area contributed by atoms with Crippen molar-refractivity contribution < 1.29 is 0 Å². The molecule has 1 rings (SSSR count). The Labute approximate surface area is 80.5 Å². The van der Waals surface area contributed by atoms with Gasteiger partial charge in [0.1, 0.15) is 0 Å². The fraction of sp³-hybridized carbons (Fsp3) is 0.333. The van der Waals surface area contributed by atoms with E-state index in [-0.39, 0.29) is 0 Å². The molecule has 0 radical (unpaired) electrons. The number of rotatable bonds is 1. The third kappa shape index (κ3) is 3.90. The highest BCUT2D eigenvalue weighted by Gasteiger charge is 1.98. The summed E-state index contributed by atoms with van der Waals surface area (Å²) in [6.45, 7) is 2.12. The molecule has 70 valence electrons. The van der Waals surface area contributed by atoms with E-state index in [9.17, 15) is 0 Å². The molecule has 0 aromatic carbocycles. The summed E-state index contributed by atoms with van der Waals surface area (Å²) in [5.74, 6) is 0. The Kier molecular flexibility index (Phi) is 4.27. The van der Waals surface area contributed by atoms with Gasteiger partial charge in [0.15, 0.2) is 0 Å². The van der Waals surface area contributed by atoms with Crippen molar-refractivity contribution in [2.24, 2.45) is 0 Å². The van der Waals surface area contributed by atoms with Gasteiger partial charge >= 0.3 is 0 Å². The fourth-order valence-electron chi connectivity index (χ4n) is 1.28. The zero-order valence-corrected chi connectivity index (χ0v) is 8.33. The van der Waals surface area contributed by atoms with E-state index >= 15 is 0 Å². The molecule has 1 N–H and O–H groups in total. The zero-order valence-electron chi connectivity index (χ0n) is 8.33. The molecule has 1 aliphatic rings. The smallest absolute Gasteiger partial charge is 0.0287 e. The van der Waals surface area contributed by atoms with Gasteiger partial charge in [0.05, 0.1) is 0 Å². The van der Waals surface area contributed by atoms with E-state index in [1.807, 2.05) is 13.1 Å². The highest BCUT2D eigenvalue weighted by atomic mass is 14.9. The van der Waals surface area contributed by atoms with Crippen molar-refractivity contribution in [2.45, 2.75) is 19.4 Å². The first-order valence-corrected chi connectivity index (χ1v) is 4.68. The van der Waals surface area contributed by atoms with Crippen LogP contribution < -0.4 is 5.32 Å². The lowest BCUT2D eigenvalue weighted by Gasteiger charge is -2.09. The number of hydrogen-bond donors (Lipinski definition) is 1. The van der Waals surface area contributed by atoms with Crippen molar-refractivity contribution in [1.82, 2.24) is 5.32 Å². The predicted molar refractivity (Wildman–Crippen MR) is 58.6 cm³/mol. The maximum absolute atomic E-state index is 3.26. The Balaban J connectivity index is 2.76. The first-order chi connectivity index (χ1) is 6.33. The average Bonchev–Trinajstić information content (AvgIpc) is 2.15. The standard InChI is InChI=1S/C12H17N/c1-11-8-6-4-3-5-7-9-12(10-11)13-2/h3-8,10,12-13H,9H2,1-2H3/b4-3-,7-5+,8-6-,11-10+. The summed E-state index contributed by atoms with van der Waals surface area (Å²) in [5.41, 5.74) is 1.30. The van der Waals surface area contributed by atoms with Gasteiger partial charge in [-0.2, -0.15) is 0 Å². The van der Waals surface area contributed by atoms with Crippen molar-refractivity contribution >= 4 is 0 Å². The van der Waals surface area contributed by atoms with Gasteiger partial charge in [-0.3, -0.25) is 0 Å². The summed E-state index contributed by atoms with van der Waals surface area (Å²) in [6.07, 6.45) is 15.9. The van der Waals surface area contributed by atoms with Crippen molar-refractivity contribution in [1.29, 1.82) is 0 Å². The molecule has 0 saturated heterocycles. The van der Waals surface area contributed by atoms with E-state index in [1.54, 1.807) is 0 Å². The third-order valence-corrected chi connectivity index (χ3v) is 2.05. The zero-order chi connectivity index (χ0) is 9.52. The largest absolute Gasteiger partial charge is 0.313 e. The lowest BCUT2D eigenvalue weighted by atomic mass is 10.1. The topological polar surface area (TPSA) is 12.0 Å². The molecule has 0 aliphatic heterocycles. The first kappa shape index (κ1) is 10.0. The summed E-state index contributed by atoms with van der Waals surface area (Å²) in [5, 5.41) is 3.26.